The molecular weight excluding hydrogens is 290 g/mol. The SMILES string of the molecule is O=[N+]([O-])c1ccc(CNCCc2nc3ccccc3s2)o1. The minimum absolute atomic E-state index is 0.224. The molecule has 0 bridgehead atoms. The van der Waals surface area contributed by atoms with Crippen molar-refractivity contribution in [2.45, 2.75) is 13.0 Å². The van der Waals surface area contributed by atoms with E-state index >= 15 is 0 Å². The van der Waals surface area contributed by atoms with Crippen LogP contribution in [0.3, 0.4) is 0 Å². The number of rotatable bonds is 6. The van der Waals surface area contributed by atoms with Gasteiger partial charge < -0.3 is 9.73 Å². The number of thiazole rings is 1. The molecule has 1 aromatic carbocycles. The second-order valence-electron chi connectivity index (χ2n) is 4.50. The topological polar surface area (TPSA) is 81.2 Å². The Morgan fingerprint density at radius 3 is 2.90 bits per heavy atom. The molecule has 0 atom stereocenters. The van der Waals surface area contributed by atoms with Gasteiger partial charge >= 0.3 is 5.88 Å². The van der Waals surface area contributed by atoms with Crippen LogP contribution in [0.25, 0.3) is 10.2 Å². The van der Waals surface area contributed by atoms with Gasteiger partial charge in [-0.15, -0.1) is 11.3 Å². The third-order valence-electron chi connectivity index (χ3n) is 2.98. The second-order valence-corrected chi connectivity index (χ2v) is 5.61. The van der Waals surface area contributed by atoms with Gasteiger partial charge in [-0.25, -0.2) is 4.98 Å². The molecule has 0 aliphatic heterocycles. The Morgan fingerprint density at radius 1 is 1.29 bits per heavy atom. The number of nitrogens with one attached hydrogen (secondary N) is 1. The molecule has 6 nitrogen and oxygen atoms in total. The molecular formula is C14H13N3O3S. The number of nitrogens with zero attached hydrogens (tertiary/aromatic N) is 2. The third kappa shape index (κ3) is 3.26. The predicted octanol–water partition coefficient (Wildman–Crippen LogP) is 3.13. The highest BCUT2D eigenvalue weighted by Crippen LogP contribution is 2.21. The lowest BCUT2D eigenvalue weighted by atomic mass is 10.3. The van der Waals surface area contributed by atoms with Gasteiger partial charge in [0.05, 0.1) is 27.8 Å². The minimum Gasteiger partial charge on any atom is -0.404 e. The molecule has 3 rings (SSSR count). The summed E-state index contributed by atoms with van der Waals surface area (Å²) in [6.07, 6.45) is 0.822. The van der Waals surface area contributed by atoms with E-state index in [2.05, 4.69) is 16.4 Å². The molecule has 0 saturated heterocycles. The number of hydrogen-bond acceptors (Lipinski definition) is 6. The van der Waals surface area contributed by atoms with Gasteiger partial charge in [0.2, 0.25) is 0 Å². The normalized spacial score (nSPS) is 11.0. The van der Waals surface area contributed by atoms with Gasteiger partial charge in [-0.1, -0.05) is 12.1 Å². The van der Waals surface area contributed by atoms with Crippen LogP contribution in [0.1, 0.15) is 10.8 Å². The van der Waals surface area contributed by atoms with Crippen LogP contribution in [-0.2, 0) is 13.0 Å². The van der Waals surface area contributed by atoms with E-state index in [0.717, 1.165) is 23.5 Å². The van der Waals surface area contributed by atoms with Gasteiger partial charge in [0.1, 0.15) is 10.7 Å². The smallest absolute Gasteiger partial charge is 0.404 e. The Kier molecular flexibility index (Phi) is 3.94. The van der Waals surface area contributed by atoms with Crippen molar-refractivity contribution >= 4 is 27.4 Å². The summed E-state index contributed by atoms with van der Waals surface area (Å²) in [7, 11) is 0. The first kappa shape index (κ1) is 13.7. The van der Waals surface area contributed by atoms with Crippen molar-refractivity contribution in [1.82, 2.24) is 10.3 Å². The summed E-state index contributed by atoms with van der Waals surface area (Å²) in [6.45, 7) is 1.22. The lowest BCUT2D eigenvalue weighted by Gasteiger charge is -1.99. The fraction of sp³-hybridized carbons (Fsp3) is 0.214. The largest absolute Gasteiger partial charge is 0.433 e. The maximum atomic E-state index is 10.5. The summed E-state index contributed by atoms with van der Waals surface area (Å²) in [4.78, 5) is 14.5. The number of hydrogen-bond donors (Lipinski definition) is 1. The Morgan fingerprint density at radius 2 is 2.14 bits per heavy atom. The molecule has 0 fully saturated rings. The van der Waals surface area contributed by atoms with Crippen molar-refractivity contribution in [1.29, 1.82) is 0 Å². The van der Waals surface area contributed by atoms with Crippen LogP contribution in [0, 0.1) is 10.1 Å². The molecule has 2 aromatic heterocycles. The predicted molar refractivity (Wildman–Crippen MR) is 80.4 cm³/mol. The van der Waals surface area contributed by atoms with Crippen molar-refractivity contribution in [3.8, 4) is 0 Å². The van der Waals surface area contributed by atoms with Crippen LogP contribution in [0.5, 0.6) is 0 Å². The maximum absolute atomic E-state index is 10.5. The average molecular weight is 303 g/mol. The fourth-order valence-corrected chi connectivity index (χ4v) is 2.96. The Balaban J connectivity index is 1.50. The van der Waals surface area contributed by atoms with E-state index in [0.29, 0.717) is 12.3 Å². The average Bonchev–Trinajstić information content (AvgIpc) is 3.10. The van der Waals surface area contributed by atoms with E-state index in [4.69, 9.17) is 4.42 Å². The van der Waals surface area contributed by atoms with E-state index in [1.807, 2.05) is 18.2 Å². The first-order valence-electron chi connectivity index (χ1n) is 6.50. The first-order chi connectivity index (χ1) is 10.2. The van der Waals surface area contributed by atoms with E-state index < -0.39 is 4.92 Å². The summed E-state index contributed by atoms with van der Waals surface area (Å²) in [5.41, 5.74) is 1.03. The van der Waals surface area contributed by atoms with Gasteiger partial charge in [0.15, 0.2) is 0 Å². The molecule has 21 heavy (non-hydrogen) atoms. The van der Waals surface area contributed by atoms with Gasteiger partial charge in [0.25, 0.3) is 0 Å². The molecule has 0 saturated carbocycles. The van der Waals surface area contributed by atoms with Crippen LogP contribution in [-0.4, -0.2) is 16.5 Å². The highest BCUT2D eigenvalue weighted by molar-refractivity contribution is 7.18. The van der Waals surface area contributed by atoms with Gasteiger partial charge in [-0.2, -0.15) is 0 Å². The maximum Gasteiger partial charge on any atom is 0.433 e. The first-order valence-corrected chi connectivity index (χ1v) is 7.32. The zero-order chi connectivity index (χ0) is 14.7. The molecule has 0 aliphatic carbocycles. The molecule has 108 valence electrons. The van der Waals surface area contributed by atoms with E-state index in [1.165, 1.54) is 10.8 Å². The molecule has 2 heterocycles. The van der Waals surface area contributed by atoms with Crippen LogP contribution in [0.2, 0.25) is 0 Å². The lowest BCUT2D eigenvalue weighted by molar-refractivity contribution is -0.402. The van der Waals surface area contributed by atoms with Crippen molar-refractivity contribution in [3.63, 3.8) is 0 Å². The quantitative estimate of drug-likeness (QED) is 0.430. The molecule has 0 radical (unpaired) electrons. The molecule has 0 aliphatic rings. The van der Waals surface area contributed by atoms with E-state index in [9.17, 15) is 10.1 Å². The summed E-state index contributed by atoms with van der Waals surface area (Å²) in [6, 6.07) is 11.0. The van der Waals surface area contributed by atoms with Crippen LogP contribution in [0.4, 0.5) is 5.88 Å². The van der Waals surface area contributed by atoms with Crippen molar-refractivity contribution in [2.75, 3.05) is 6.54 Å². The number of para-hydroxylation sites is 1. The third-order valence-corrected chi connectivity index (χ3v) is 4.08. The van der Waals surface area contributed by atoms with Crippen LogP contribution in [0.15, 0.2) is 40.8 Å². The van der Waals surface area contributed by atoms with Crippen LogP contribution < -0.4 is 5.32 Å². The summed E-state index contributed by atoms with van der Waals surface area (Å²) >= 11 is 1.69. The molecule has 7 heteroatoms. The highest BCUT2D eigenvalue weighted by atomic mass is 32.1. The molecule has 0 unspecified atom stereocenters. The Hall–Kier alpha value is -2.25. The van der Waals surface area contributed by atoms with Gasteiger partial charge in [-0.05, 0) is 18.2 Å². The summed E-state index contributed by atoms with van der Waals surface area (Å²) in [5.74, 6) is 0.337. The van der Waals surface area contributed by atoms with Crippen molar-refractivity contribution in [2.24, 2.45) is 0 Å². The Labute approximate surface area is 124 Å². The zero-order valence-electron chi connectivity index (χ0n) is 11.1. The van der Waals surface area contributed by atoms with Crippen molar-refractivity contribution < 1.29 is 9.34 Å². The molecule has 0 spiro atoms. The summed E-state index contributed by atoms with van der Waals surface area (Å²) in [5, 5.41) is 14.8. The number of nitro groups is 1. The standard InChI is InChI=1S/C14H13N3O3S/c18-17(19)14-6-5-10(20-14)9-15-8-7-13-16-11-3-1-2-4-12(11)21-13/h1-6,15H,7-9H2. The van der Waals surface area contributed by atoms with Crippen LogP contribution >= 0.6 is 11.3 Å². The monoisotopic (exact) mass is 303 g/mol. The molecule has 0 amide bonds. The van der Waals surface area contributed by atoms with E-state index in [1.54, 1.807) is 17.4 Å². The molecule has 3 aromatic rings. The van der Waals surface area contributed by atoms with Gasteiger partial charge in [-0.3, -0.25) is 10.1 Å². The second kappa shape index (κ2) is 6.02. The van der Waals surface area contributed by atoms with Gasteiger partial charge in [0, 0.05) is 13.0 Å². The number of furan rings is 1. The molecule has 1 N–H and O–H groups in total. The number of aromatic nitrogens is 1. The Bertz CT molecular complexity index is 733. The summed E-state index contributed by atoms with van der Waals surface area (Å²) < 4.78 is 6.26. The highest BCUT2D eigenvalue weighted by Gasteiger charge is 2.11. The lowest BCUT2D eigenvalue weighted by Crippen LogP contribution is -2.16. The minimum atomic E-state index is -0.537. The zero-order valence-corrected chi connectivity index (χ0v) is 11.9. The van der Waals surface area contributed by atoms with E-state index in [-0.39, 0.29) is 5.88 Å². The fourth-order valence-electron chi connectivity index (χ4n) is 1.99. The number of benzene rings is 1. The number of fused-ring (bicyclic) bond motifs is 1. The van der Waals surface area contributed by atoms with Crippen molar-refractivity contribution in [3.05, 3.63) is 57.3 Å².